The summed E-state index contributed by atoms with van der Waals surface area (Å²) in [5.41, 5.74) is 15.6. The predicted molar refractivity (Wildman–Crippen MR) is 101 cm³/mol. The normalized spacial score (nSPS) is 20.8. The Bertz CT molecular complexity index is 731. The van der Waals surface area contributed by atoms with Crippen molar-refractivity contribution in [3.8, 4) is 0 Å². The number of carbonyl (C=O) groups excluding carboxylic acids is 1. The monoisotopic (exact) mass is 383 g/mol. The molecule has 7 N–H and O–H groups in total. The summed E-state index contributed by atoms with van der Waals surface area (Å²) in [6.07, 6.45) is 1.01. The summed E-state index contributed by atoms with van der Waals surface area (Å²) in [4.78, 5) is 24.2. The molecule has 0 aliphatic carbocycles. The van der Waals surface area contributed by atoms with Crippen LogP contribution < -0.4 is 22.5 Å². The van der Waals surface area contributed by atoms with Gasteiger partial charge in [-0.25, -0.2) is 15.0 Å². The van der Waals surface area contributed by atoms with Crippen molar-refractivity contribution in [2.24, 2.45) is 10.7 Å². The first-order valence-corrected chi connectivity index (χ1v) is 8.42. The van der Waals surface area contributed by atoms with E-state index in [0.717, 1.165) is 5.06 Å². The van der Waals surface area contributed by atoms with Crippen molar-refractivity contribution in [2.45, 2.75) is 57.7 Å². The number of piperidine rings is 1. The summed E-state index contributed by atoms with van der Waals surface area (Å²) in [7, 11) is 0. The van der Waals surface area contributed by atoms with Crippen molar-refractivity contribution in [2.75, 3.05) is 11.5 Å². The van der Waals surface area contributed by atoms with Gasteiger partial charge < -0.3 is 27.5 Å². The van der Waals surface area contributed by atoms with E-state index in [2.05, 4.69) is 20.3 Å². The minimum atomic E-state index is -0.696. The van der Waals surface area contributed by atoms with E-state index in [1.807, 2.05) is 27.7 Å². The van der Waals surface area contributed by atoms with Gasteiger partial charge in [-0.3, -0.25) is 10.1 Å². The van der Waals surface area contributed by atoms with E-state index < -0.39 is 17.0 Å². The second kappa shape index (κ2) is 6.86. The van der Waals surface area contributed by atoms with Crippen LogP contribution in [0.2, 0.25) is 5.15 Å². The van der Waals surface area contributed by atoms with Gasteiger partial charge in [0.15, 0.2) is 28.4 Å². The Balaban J connectivity index is 2.15. The Kier molecular flexibility index (Phi) is 5.31. The third-order valence-corrected chi connectivity index (χ3v) is 4.53. The van der Waals surface area contributed by atoms with E-state index in [1.54, 1.807) is 0 Å². The average Bonchev–Trinajstić information content (AvgIpc) is 2.47. The number of hydroxylamine groups is 2. The molecule has 10 nitrogen and oxygen atoms in total. The zero-order valence-corrected chi connectivity index (χ0v) is 16.0. The Morgan fingerprint density at radius 1 is 1.23 bits per heavy atom. The molecule has 0 unspecified atom stereocenters. The van der Waals surface area contributed by atoms with E-state index in [1.165, 1.54) is 0 Å². The lowest BCUT2D eigenvalue weighted by molar-refractivity contribution is 0.00977. The van der Waals surface area contributed by atoms with Crippen LogP contribution in [0, 0.1) is 5.21 Å². The number of rotatable bonds is 2. The molecular formula is C15H24ClN8O2-. The number of aliphatic imine (C=N–C) groups is 1. The molecule has 11 heteroatoms. The fourth-order valence-electron chi connectivity index (χ4n) is 3.32. The zero-order valence-electron chi connectivity index (χ0n) is 15.2. The first-order chi connectivity index (χ1) is 11.8. The van der Waals surface area contributed by atoms with Crippen LogP contribution >= 0.6 is 11.6 Å². The SMILES string of the molecule is CC1(C)CC(N=C(N)NC(=O)c2nc(Cl)c(N)nc2N)CC(C)(C)N1[O-]. The van der Waals surface area contributed by atoms with Crippen LogP contribution in [-0.4, -0.2) is 44.0 Å². The molecule has 0 spiro atoms. The Morgan fingerprint density at radius 3 is 2.31 bits per heavy atom. The van der Waals surface area contributed by atoms with Gasteiger partial charge in [0.1, 0.15) is 0 Å². The molecule has 1 aromatic heterocycles. The Morgan fingerprint density at radius 2 is 1.77 bits per heavy atom. The second-order valence-corrected chi connectivity index (χ2v) is 7.94. The van der Waals surface area contributed by atoms with Crippen LogP contribution in [0.5, 0.6) is 0 Å². The van der Waals surface area contributed by atoms with Gasteiger partial charge in [0.05, 0.1) is 6.04 Å². The van der Waals surface area contributed by atoms with E-state index in [4.69, 9.17) is 28.8 Å². The molecule has 144 valence electrons. The van der Waals surface area contributed by atoms with Crippen molar-refractivity contribution in [3.05, 3.63) is 16.1 Å². The quantitative estimate of drug-likeness (QED) is 0.429. The third-order valence-electron chi connectivity index (χ3n) is 4.25. The Labute approximate surface area is 156 Å². The highest BCUT2D eigenvalue weighted by Gasteiger charge is 2.40. The highest BCUT2D eigenvalue weighted by Crippen LogP contribution is 2.38. The van der Waals surface area contributed by atoms with Gasteiger partial charge in [-0.05, 0) is 40.5 Å². The van der Waals surface area contributed by atoms with Crippen LogP contribution in [0.3, 0.4) is 0 Å². The number of anilines is 2. The molecular weight excluding hydrogens is 360 g/mol. The van der Waals surface area contributed by atoms with E-state index in [-0.39, 0.29) is 34.5 Å². The lowest BCUT2D eigenvalue weighted by Crippen LogP contribution is -2.59. The lowest BCUT2D eigenvalue weighted by Gasteiger charge is -2.59. The van der Waals surface area contributed by atoms with Gasteiger partial charge in [-0.1, -0.05) is 11.6 Å². The molecule has 1 amide bonds. The molecule has 0 radical (unpaired) electrons. The molecule has 1 saturated heterocycles. The van der Waals surface area contributed by atoms with Gasteiger partial charge in [0, 0.05) is 11.1 Å². The van der Waals surface area contributed by atoms with E-state index in [0.29, 0.717) is 12.8 Å². The fourth-order valence-corrected chi connectivity index (χ4v) is 3.44. The van der Waals surface area contributed by atoms with Gasteiger partial charge in [-0.15, -0.1) is 0 Å². The number of nitrogens with two attached hydrogens (primary N) is 3. The molecule has 1 aliphatic rings. The minimum absolute atomic E-state index is 0.0730. The summed E-state index contributed by atoms with van der Waals surface area (Å²) in [6.45, 7) is 7.41. The van der Waals surface area contributed by atoms with Crippen LogP contribution in [0.4, 0.5) is 11.6 Å². The summed E-state index contributed by atoms with van der Waals surface area (Å²) in [6, 6.07) is -0.219. The van der Waals surface area contributed by atoms with Crippen molar-refractivity contribution in [1.82, 2.24) is 20.3 Å². The first kappa shape index (κ1) is 20.1. The highest BCUT2D eigenvalue weighted by atomic mass is 35.5. The largest absolute Gasteiger partial charge is 0.784 e. The number of carbonyl (C=O) groups is 1. The number of guanidine groups is 1. The van der Waals surface area contributed by atoms with E-state index in [9.17, 15) is 10.0 Å². The molecule has 1 aromatic rings. The highest BCUT2D eigenvalue weighted by molar-refractivity contribution is 6.31. The topological polar surface area (TPSA) is 172 Å². The summed E-state index contributed by atoms with van der Waals surface area (Å²) < 4.78 is 0. The van der Waals surface area contributed by atoms with Crippen LogP contribution in [-0.2, 0) is 0 Å². The second-order valence-electron chi connectivity index (χ2n) is 7.58. The van der Waals surface area contributed by atoms with Crippen LogP contribution in [0.15, 0.2) is 4.99 Å². The number of nitrogens with one attached hydrogen (secondary N) is 1. The standard InChI is InChI=1S/C15H24ClN8O2/c1-14(2)5-7(6-15(3,4)24(14)26)20-13(19)23-12(25)8-10(17)22-11(18)9(16)21-8/h7H,5-6H2,1-4H3,(H4,17,18,22)(H3,19,20,23,25)/q-1. The van der Waals surface area contributed by atoms with Gasteiger partial charge >= 0.3 is 0 Å². The van der Waals surface area contributed by atoms with Crippen molar-refractivity contribution < 1.29 is 4.79 Å². The summed E-state index contributed by atoms with van der Waals surface area (Å²) in [5.74, 6) is -1.03. The maximum atomic E-state index is 12.4. The predicted octanol–water partition coefficient (Wildman–Crippen LogP) is 0.858. The number of hydrogen-bond acceptors (Lipinski definition) is 8. The molecule has 26 heavy (non-hydrogen) atoms. The van der Waals surface area contributed by atoms with Gasteiger partial charge in [-0.2, -0.15) is 0 Å². The van der Waals surface area contributed by atoms with Crippen molar-refractivity contribution >= 4 is 35.1 Å². The minimum Gasteiger partial charge on any atom is -0.784 e. The number of halogens is 1. The maximum absolute atomic E-state index is 12.4. The zero-order chi connectivity index (χ0) is 19.9. The molecule has 1 aliphatic heterocycles. The summed E-state index contributed by atoms with van der Waals surface area (Å²) >= 11 is 5.77. The maximum Gasteiger partial charge on any atom is 0.280 e. The number of amides is 1. The number of nitrogens with zero attached hydrogens (tertiary/aromatic N) is 4. The average molecular weight is 384 g/mol. The Hall–Kier alpha value is -2.17. The molecule has 0 saturated carbocycles. The van der Waals surface area contributed by atoms with Crippen molar-refractivity contribution in [1.29, 1.82) is 0 Å². The van der Waals surface area contributed by atoms with Gasteiger partial charge in [0.2, 0.25) is 0 Å². The number of aromatic nitrogens is 2. The lowest BCUT2D eigenvalue weighted by atomic mass is 9.79. The molecule has 0 aromatic carbocycles. The van der Waals surface area contributed by atoms with E-state index >= 15 is 0 Å². The number of nitrogen functional groups attached to an aromatic ring is 2. The smallest absolute Gasteiger partial charge is 0.280 e. The molecule has 0 atom stereocenters. The first-order valence-electron chi connectivity index (χ1n) is 8.04. The molecule has 0 bridgehead atoms. The molecule has 1 fully saturated rings. The van der Waals surface area contributed by atoms with Crippen LogP contribution in [0.1, 0.15) is 51.0 Å². The number of hydrogen-bond donors (Lipinski definition) is 4. The molecule has 2 rings (SSSR count). The third kappa shape index (κ3) is 4.14. The fraction of sp³-hybridized carbons (Fsp3) is 0.600. The van der Waals surface area contributed by atoms with Gasteiger partial charge in [0.25, 0.3) is 5.91 Å². The molecule has 2 heterocycles. The van der Waals surface area contributed by atoms with Crippen molar-refractivity contribution in [3.63, 3.8) is 0 Å². The summed E-state index contributed by atoms with van der Waals surface area (Å²) in [5, 5.41) is 15.7. The van der Waals surface area contributed by atoms with Crippen LogP contribution in [0.25, 0.3) is 0 Å².